The molecule has 0 aliphatic rings. The molecule has 0 bridgehead atoms. The third-order valence-electron chi connectivity index (χ3n) is 4.03. The molecule has 0 atom stereocenters. The summed E-state index contributed by atoms with van der Waals surface area (Å²) in [4.78, 5) is 24.2. The van der Waals surface area contributed by atoms with E-state index < -0.39 is 11.6 Å². The second-order valence-corrected chi connectivity index (χ2v) is 7.47. The van der Waals surface area contributed by atoms with Gasteiger partial charge in [0.05, 0.1) is 0 Å². The molecule has 0 aliphatic carbocycles. The van der Waals surface area contributed by atoms with E-state index in [1.165, 1.54) is 6.92 Å². The standard InChI is InChI=1S/C23H23NO3/c1-15(25)24-21(22(26)27-23(2,3)4)14-17-13-16-9-5-6-10-18(16)20-12-8-7-11-19(17)20/h5-14H,1-4H3,(H,24,25)/b21-14-. The lowest BCUT2D eigenvalue weighted by Gasteiger charge is -2.20. The molecule has 0 unspecified atom stereocenters. The van der Waals surface area contributed by atoms with E-state index in [0.29, 0.717) is 0 Å². The summed E-state index contributed by atoms with van der Waals surface area (Å²) < 4.78 is 5.45. The lowest BCUT2D eigenvalue weighted by Crippen LogP contribution is -2.31. The molecular formula is C23H23NO3. The molecule has 3 aromatic rings. The first kappa shape index (κ1) is 18.6. The molecule has 0 spiro atoms. The molecule has 138 valence electrons. The Kier molecular flexibility index (Phi) is 5.00. The van der Waals surface area contributed by atoms with E-state index in [1.807, 2.05) is 42.5 Å². The molecule has 0 aliphatic heterocycles. The molecule has 0 aromatic heterocycles. The van der Waals surface area contributed by atoms with Gasteiger partial charge >= 0.3 is 5.97 Å². The maximum Gasteiger partial charge on any atom is 0.355 e. The molecule has 0 radical (unpaired) electrons. The monoisotopic (exact) mass is 361 g/mol. The molecule has 3 rings (SSSR count). The van der Waals surface area contributed by atoms with Gasteiger partial charge in [-0.1, -0.05) is 48.5 Å². The number of esters is 1. The lowest BCUT2D eigenvalue weighted by atomic mass is 9.96. The predicted octanol–water partition coefficient (Wildman–Crippen LogP) is 4.81. The highest BCUT2D eigenvalue weighted by Crippen LogP contribution is 2.30. The van der Waals surface area contributed by atoms with E-state index in [2.05, 4.69) is 17.4 Å². The number of hydrogen-bond acceptors (Lipinski definition) is 3. The van der Waals surface area contributed by atoms with Gasteiger partial charge in [0.25, 0.3) is 0 Å². The summed E-state index contributed by atoms with van der Waals surface area (Å²) in [6.45, 7) is 6.75. The van der Waals surface area contributed by atoms with Crippen molar-refractivity contribution in [1.29, 1.82) is 0 Å². The van der Waals surface area contributed by atoms with Crippen molar-refractivity contribution in [3.8, 4) is 0 Å². The van der Waals surface area contributed by atoms with Crippen molar-refractivity contribution < 1.29 is 14.3 Å². The molecule has 27 heavy (non-hydrogen) atoms. The minimum atomic E-state index is -0.653. The SMILES string of the molecule is CC(=O)N/C(=C\c1cc2ccccc2c2ccccc12)C(=O)OC(C)(C)C. The van der Waals surface area contributed by atoms with Gasteiger partial charge < -0.3 is 10.1 Å². The van der Waals surface area contributed by atoms with Crippen molar-refractivity contribution >= 4 is 39.5 Å². The summed E-state index contributed by atoms with van der Waals surface area (Å²) in [6.07, 6.45) is 1.68. The summed E-state index contributed by atoms with van der Waals surface area (Å²) in [5.74, 6) is -0.882. The summed E-state index contributed by atoms with van der Waals surface area (Å²) in [6, 6.07) is 18.1. The first-order chi connectivity index (χ1) is 12.7. The molecule has 0 heterocycles. The van der Waals surface area contributed by atoms with E-state index in [9.17, 15) is 9.59 Å². The number of hydrogen-bond donors (Lipinski definition) is 1. The van der Waals surface area contributed by atoms with Crippen LogP contribution in [-0.4, -0.2) is 17.5 Å². The van der Waals surface area contributed by atoms with Crippen LogP contribution in [0.25, 0.3) is 27.6 Å². The highest BCUT2D eigenvalue weighted by molar-refractivity contribution is 6.12. The Balaban J connectivity index is 2.20. The Morgan fingerprint density at radius 3 is 2.15 bits per heavy atom. The highest BCUT2D eigenvalue weighted by Gasteiger charge is 2.21. The Hall–Kier alpha value is -3.14. The molecule has 1 amide bonds. The summed E-state index contributed by atoms with van der Waals surface area (Å²) in [7, 11) is 0. The largest absolute Gasteiger partial charge is 0.455 e. The summed E-state index contributed by atoms with van der Waals surface area (Å²) in [5.41, 5.74) is 0.317. The van der Waals surface area contributed by atoms with Gasteiger partial charge in [-0.3, -0.25) is 4.79 Å². The van der Waals surface area contributed by atoms with Gasteiger partial charge in [0.15, 0.2) is 0 Å². The number of benzene rings is 3. The normalized spacial score (nSPS) is 12.2. The van der Waals surface area contributed by atoms with Crippen LogP contribution in [-0.2, 0) is 14.3 Å². The van der Waals surface area contributed by atoms with Gasteiger partial charge in [0.2, 0.25) is 5.91 Å². The average molecular weight is 361 g/mol. The lowest BCUT2D eigenvalue weighted by molar-refractivity contribution is -0.150. The molecule has 4 heteroatoms. The first-order valence-electron chi connectivity index (χ1n) is 8.88. The van der Waals surface area contributed by atoms with Crippen LogP contribution in [0.4, 0.5) is 0 Å². The van der Waals surface area contributed by atoms with Crippen LogP contribution < -0.4 is 5.32 Å². The molecule has 3 aromatic carbocycles. The molecule has 0 saturated carbocycles. The topological polar surface area (TPSA) is 55.4 Å². The number of carbonyl (C=O) groups excluding carboxylic acids is 2. The minimum Gasteiger partial charge on any atom is -0.455 e. The predicted molar refractivity (Wildman–Crippen MR) is 109 cm³/mol. The van der Waals surface area contributed by atoms with Gasteiger partial charge in [0, 0.05) is 6.92 Å². The van der Waals surface area contributed by atoms with Crippen LogP contribution in [0.2, 0.25) is 0 Å². The first-order valence-corrected chi connectivity index (χ1v) is 8.88. The number of rotatable bonds is 3. The smallest absolute Gasteiger partial charge is 0.355 e. The van der Waals surface area contributed by atoms with Crippen LogP contribution in [0.5, 0.6) is 0 Å². The van der Waals surface area contributed by atoms with Crippen molar-refractivity contribution in [2.45, 2.75) is 33.3 Å². The fraction of sp³-hybridized carbons (Fsp3) is 0.217. The van der Waals surface area contributed by atoms with E-state index in [4.69, 9.17) is 4.74 Å². The third kappa shape index (κ3) is 4.34. The van der Waals surface area contributed by atoms with Gasteiger partial charge in [-0.05, 0) is 60.0 Å². The molecular weight excluding hydrogens is 338 g/mol. The molecule has 1 N–H and O–H groups in total. The third-order valence-corrected chi connectivity index (χ3v) is 4.03. The van der Waals surface area contributed by atoms with Crippen molar-refractivity contribution in [2.75, 3.05) is 0 Å². The second-order valence-electron chi connectivity index (χ2n) is 7.47. The Bertz CT molecular complexity index is 1060. The van der Waals surface area contributed by atoms with Crippen LogP contribution in [0, 0.1) is 0 Å². The number of ether oxygens (including phenoxy) is 1. The van der Waals surface area contributed by atoms with Crippen LogP contribution in [0.1, 0.15) is 33.3 Å². The average Bonchev–Trinajstić information content (AvgIpc) is 2.59. The van der Waals surface area contributed by atoms with Crippen molar-refractivity contribution in [3.63, 3.8) is 0 Å². The van der Waals surface area contributed by atoms with Crippen molar-refractivity contribution in [1.82, 2.24) is 5.32 Å². The van der Waals surface area contributed by atoms with Gasteiger partial charge in [-0.2, -0.15) is 0 Å². The number of carbonyl (C=O) groups is 2. The number of fused-ring (bicyclic) bond motifs is 3. The van der Waals surface area contributed by atoms with Crippen molar-refractivity contribution in [2.24, 2.45) is 0 Å². The van der Waals surface area contributed by atoms with Crippen LogP contribution in [0.15, 0.2) is 60.3 Å². The molecule has 0 fully saturated rings. The zero-order valence-corrected chi connectivity index (χ0v) is 16.0. The minimum absolute atomic E-state index is 0.123. The summed E-state index contributed by atoms with van der Waals surface area (Å²) >= 11 is 0. The fourth-order valence-electron chi connectivity index (χ4n) is 3.03. The molecule has 0 saturated heterocycles. The zero-order valence-electron chi connectivity index (χ0n) is 16.0. The Morgan fingerprint density at radius 2 is 1.52 bits per heavy atom. The quantitative estimate of drug-likeness (QED) is 0.414. The Labute approximate surface area is 158 Å². The fourth-order valence-corrected chi connectivity index (χ4v) is 3.03. The zero-order chi connectivity index (χ0) is 19.6. The summed E-state index contributed by atoms with van der Waals surface area (Å²) in [5, 5.41) is 6.91. The van der Waals surface area contributed by atoms with E-state index in [0.717, 1.165) is 27.1 Å². The highest BCUT2D eigenvalue weighted by atomic mass is 16.6. The maximum absolute atomic E-state index is 12.6. The van der Waals surface area contributed by atoms with Gasteiger partial charge in [-0.25, -0.2) is 4.79 Å². The van der Waals surface area contributed by atoms with Crippen molar-refractivity contribution in [3.05, 3.63) is 65.9 Å². The molecule has 4 nitrogen and oxygen atoms in total. The second kappa shape index (κ2) is 7.23. The maximum atomic E-state index is 12.6. The van der Waals surface area contributed by atoms with Gasteiger partial charge in [0.1, 0.15) is 11.3 Å². The van der Waals surface area contributed by atoms with E-state index >= 15 is 0 Å². The van der Waals surface area contributed by atoms with Gasteiger partial charge in [-0.15, -0.1) is 0 Å². The number of nitrogens with one attached hydrogen (secondary N) is 1. The van der Waals surface area contributed by atoms with Crippen LogP contribution in [0.3, 0.4) is 0 Å². The Morgan fingerprint density at radius 1 is 0.926 bits per heavy atom. The van der Waals surface area contributed by atoms with Crippen LogP contribution >= 0.6 is 0 Å². The number of amides is 1. The van der Waals surface area contributed by atoms with E-state index in [-0.39, 0.29) is 11.6 Å². The van der Waals surface area contributed by atoms with E-state index in [1.54, 1.807) is 26.8 Å².